The van der Waals surface area contributed by atoms with Crippen LogP contribution in [0.5, 0.6) is 0 Å². The minimum absolute atomic E-state index is 0.217. The van der Waals surface area contributed by atoms with E-state index in [0.29, 0.717) is 27.5 Å². The zero-order valence-electron chi connectivity index (χ0n) is 11.1. The number of esters is 1. The van der Waals surface area contributed by atoms with Gasteiger partial charge in [0.2, 0.25) is 0 Å². The van der Waals surface area contributed by atoms with Crippen molar-refractivity contribution in [3.05, 3.63) is 10.4 Å². The minimum Gasteiger partial charge on any atom is -0.462 e. The molecule has 0 aliphatic heterocycles. The quantitative estimate of drug-likeness (QED) is 0.809. The largest absolute Gasteiger partial charge is 0.462 e. The molecule has 19 heavy (non-hydrogen) atoms. The van der Waals surface area contributed by atoms with Gasteiger partial charge in [-0.1, -0.05) is 6.92 Å². The predicted octanol–water partition coefficient (Wildman–Crippen LogP) is 2.59. The van der Waals surface area contributed by atoms with Gasteiger partial charge in [-0.25, -0.2) is 4.79 Å². The molecule has 6 heteroatoms. The number of nitriles is 1. The minimum atomic E-state index is -0.466. The summed E-state index contributed by atoms with van der Waals surface area (Å²) in [6.45, 7) is 5.01. The highest BCUT2D eigenvalue weighted by atomic mass is 32.1. The average Bonchev–Trinajstić information content (AvgIpc) is 3.01. The summed E-state index contributed by atoms with van der Waals surface area (Å²) in [6.07, 6.45) is 2.38. The Labute approximate surface area is 116 Å². The second-order valence-corrected chi connectivity index (χ2v) is 6.07. The van der Waals surface area contributed by atoms with Crippen LogP contribution in [0, 0.1) is 16.7 Å². The number of rotatable bonds is 5. The molecule has 1 aliphatic rings. The molecular weight excluding hydrogens is 262 g/mol. The fourth-order valence-corrected chi connectivity index (χ4v) is 2.67. The molecule has 0 spiro atoms. The molecule has 1 heterocycles. The van der Waals surface area contributed by atoms with E-state index in [4.69, 9.17) is 15.7 Å². The molecule has 0 unspecified atom stereocenters. The molecule has 1 aliphatic carbocycles. The van der Waals surface area contributed by atoms with Crippen molar-refractivity contribution in [2.45, 2.75) is 26.7 Å². The molecule has 1 aromatic heterocycles. The third kappa shape index (κ3) is 2.82. The first-order valence-electron chi connectivity index (χ1n) is 6.24. The number of carbonyl (C=O) groups excluding carboxylic acids is 1. The topological polar surface area (TPSA) is 88.1 Å². The predicted molar refractivity (Wildman–Crippen MR) is 75.2 cm³/mol. The van der Waals surface area contributed by atoms with Crippen LogP contribution in [0.15, 0.2) is 0 Å². The maximum Gasteiger partial charge on any atom is 0.350 e. The number of nitrogen functional groups attached to an aromatic ring is 1. The number of ether oxygens (including phenoxy) is 1. The first-order valence-corrected chi connectivity index (χ1v) is 7.06. The van der Waals surface area contributed by atoms with E-state index in [1.807, 2.05) is 0 Å². The van der Waals surface area contributed by atoms with Gasteiger partial charge in [-0.2, -0.15) is 5.26 Å². The van der Waals surface area contributed by atoms with Crippen LogP contribution in [0.2, 0.25) is 0 Å². The van der Waals surface area contributed by atoms with E-state index in [1.165, 1.54) is 24.2 Å². The lowest BCUT2D eigenvalue weighted by atomic mass is 10.1. The summed E-state index contributed by atoms with van der Waals surface area (Å²) >= 11 is 1.19. The van der Waals surface area contributed by atoms with Crippen molar-refractivity contribution in [2.24, 2.45) is 5.41 Å². The van der Waals surface area contributed by atoms with Gasteiger partial charge in [0.05, 0.1) is 12.3 Å². The molecule has 102 valence electrons. The van der Waals surface area contributed by atoms with Crippen LogP contribution in [0.25, 0.3) is 0 Å². The van der Waals surface area contributed by atoms with Crippen molar-refractivity contribution in [1.82, 2.24) is 0 Å². The fourth-order valence-electron chi connectivity index (χ4n) is 1.71. The number of nitrogens with two attached hydrogens (primary N) is 1. The number of thiophene rings is 1. The van der Waals surface area contributed by atoms with Gasteiger partial charge in [0.25, 0.3) is 0 Å². The van der Waals surface area contributed by atoms with Crippen LogP contribution in [-0.2, 0) is 4.74 Å². The Kier molecular flexibility index (Phi) is 3.67. The van der Waals surface area contributed by atoms with Crippen LogP contribution >= 0.6 is 11.3 Å². The van der Waals surface area contributed by atoms with Gasteiger partial charge in [-0.05, 0) is 25.2 Å². The maximum atomic E-state index is 11.7. The second kappa shape index (κ2) is 5.10. The average molecular weight is 279 g/mol. The molecule has 0 bridgehead atoms. The van der Waals surface area contributed by atoms with Crippen LogP contribution in [-0.4, -0.2) is 19.1 Å². The highest BCUT2D eigenvalue weighted by molar-refractivity contribution is 7.18. The van der Waals surface area contributed by atoms with Crippen LogP contribution < -0.4 is 11.1 Å². The highest BCUT2D eigenvalue weighted by Gasteiger charge is 2.37. The molecule has 0 radical (unpaired) electrons. The lowest BCUT2D eigenvalue weighted by molar-refractivity contribution is 0.0533. The normalized spacial score (nSPS) is 15.6. The molecule has 2 rings (SSSR count). The van der Waals surface area contributed by atoms with Gasteiger partial charge in [-0.15, -0.1) is 11.3 Å². The van der Waals surface area contributed by atoms with Gasteiger partial charge in [-0.3, -0.25) is 0 Å². The highest BCUT2D eigenvalue weighted by Crippen LogP contribution is 2.45. The van der Waals surface area contributed by atoms with Crippen LogP contribution in [0.1, 0.15) is 41.9 Å². The van der Waals surface area contributed by atoms with E-state index in [2.05, 4.69) is 18.3 Å². The van der Waals surface area contributed by atoms with Gasteiger partial charge in [0.15, 0.2) is 0 Å². The van der Waals surface area contributed by atoms with Crippen LogP contribution in [0.4, 0.5) is 10.7 Å². The van der Waals surface area contributed by atoms with E-state index in [9.17, 15) is 4.79 Å². The van der Waals surface area contributed by atoms with Crippen molar-refractivity contribution in [3.63, 3.8) is 0 Å². The molecule has 0 amide bonds. The Bertz CT molecular complexity index is 541. The first-order chi connectivity index (χ1) is 9.00. The number of carbonyl (C=O) groups is 1. The van der Waals surface area contributed by atoms with Crippen molar-refractivity contribution < 1.29 is 9.53 Å². The summed E-state index contributed by atoms with van der Waals surface area (Å²) in [4.78, 5) is 12.0. The zero-order chi connectivity index (χ0) is 14.0. The second-order valence-electron chi connectivity index (χ2n) is 5.05. The molecule has 5 nitrogen and oxygen atoms in total. The molecule has 1 aromatic rings. The fraction of sp³-hybridized carbons (Fsp3) is 0.538. The summed E-state index contributed by atoms with van der Waals surface area (Å²) in [6, 6.07) is 2.05. The van der Waals surface area contributed by atoms with Crippen molar-refractivity contribution in [2.75, 3.05) is 24.2 Å². The number of anilines is 2. The van der Waals surface area contributed by atoms with Gasteiger partial charge >= 0.3 is 5.97 Å². The maximum absolute atomic E-state index is 11.7. The summed E-state index contributed by atoms with van der Waals surface area (Å²) < 4.78 is 4.93. The van der Waals surface area contributed by atoms with Crippen molar-refractivity contribution in [3.8, 4) is 6.07 Å². The molecule has 0 saturated heterocycles. The van der Waals surface area contributed by atoms with Gasteiger partial charge < -0.3 is 15.8 Å². The molecule has 3 N–H and O–H groups in total. The van der Waals surface area contributed by atoms with Gasteiger partial charge in [0, 0.05) is 6.54 Å². The zero-order valence-corrected chi connectivity index (χ0v) is 11.9. The van der Waals surface area contributed by atoms with Crippen molar-refractivity contribution >= 4 is 28.0 Å². The SMILES string of the molecule is CCOC(=O)c1sc(NCC2(C)CC2)c(C#N)c1N. The summed E-state index contributed by atoms with van der Waals surface area (Å²) in [5.41, 5.74) is 6.72. The van der Waals surface area contributed by atoms with E-state index in [0.717, 1.165) is 6.54 Å². The Hall–Kier alpha value is -1.74. The third-order valence-electron chi connectivity index (χ3n) is 3.30. The number of hydrogen-bond donors (Lipinski definition) is 2. The molecule has 0 aromatic carbocycles. The molecule has 1 fully saturated rings. The molecule has 0 atom stereocenters. The van der Waals surface area contributed by atoms with Crippen molar-refractivity contribution in [1.29, 1.82) is 5.26 Å². The van der Waals surface area contributed by atoms with E-state index < -0.39 is 5.97 Å². The van der Waals surface area contributed by atoms with E-state index >= 15 is 0 Å². The number of nitrogens with zero attached hydrogens (tertiary/aromatic N) is 1. The van der Waals surface area contributed by atoms with E-state index in [1.54, 1.807) is 6.92 Å². The third-order valence-corrected chi connectivity index (χ3v) is 4.44. The Balaban J connectivity index is 2.20. The Morgan fingerprint density at radius 2 is 2.32 bits per heavy atom. The standard InChI is InChI=1S/C13H17N3O2S/c1-3-18-12(17)10-9(15)8(6-14)11(19-10)16-7-13(2)4-5-13/h16H,3-5,7,15H2,1-2H3. The molecular formula is C13H17N3O2S. The van der Waals surface area contributed by atoms with Crippen LogP contribution in [0.3, 0.4) is 0 Å². The summed E-state index contributed by atoms with van der Waals surface area (Å²) in [7, 11) is 0. The summed E-state index contributed by atoms with van der Waals surface area (Å²) in [5, 5.41) is 13.1. The summed E-state index contributed by atoms with van der Waals surface area (Å²) in [5.74, 6) is -0.466. The number of nitrogens with one attached hydrogen (secondary N) is 1. The smallest absolute Gasteiger partial charge is 0.350 e. The number of hydrogen-bond acceptors (Lipinski definition) is 6. The Morgan fingerprint density at radius 3 is 2.84 bits per heavy atom. The Morgan fingerprint density at radius 1 is 1.63 bits per heavy atom. The lowest BCUT2D eigenvalue weighted by Crippen LogP contribution is -2.11. The monoisotopic (exact) mass is 279 g/mol. The lowest BCUT2D eigenvalue weighted by Gasteiger charge is -2.09. The first kappa shape index (κ1) is 13.7. The van der Waals surface area contributed by atoms with E-state index in [-0.39, 0.29) is 5.69 Å². The molecule has 1 saturated carbocycles. The van der Waals surface area contributed by atoms with Gasteiger partial charge in [0.1, 0.15) is 21.5 Å².